The summed E-state index contributed by atoms with van der Waals surface area (Å²) in [6.07, 6.45) is 3.28. The van der Waals surface area contributed by atoms with Crippen molar-refractivity contribution in [2.24, 2.45) is 0 Å². The molecule has 2 aromatic carbocycles. The molecule has 0 unspecified atom stereocenters. The number of ether oxygens (including phenoxy) is 1. The SMILES string of the molecule is Cc1cnc(Cc2ccc(N3CCOCC3)cc2)nc1Sc1ccc(NC(=O)/C(Br)=C\C(=O)O)cc1. The minimum Gasteiger partial charge on any atom is -0.478 e. The lowest BCUT2D eigenvalue weighted by Gasteiger charge is -2.28. The summed E-state index contributed by atoms with van der Waals surface area (Å²) in [7, 11) is 0. The third kappa shape index (κ3) is 7.16. The van der Waals surface area contributed by atoms with Gasteiger partial charge in [0.05, 0.1) is 17.7 Å². The lowest BCUT2D eigenvalue weighted by molar-refractivity contribution is -0.131. The summed E-state index contributed by atoms with van der Waals surface area (Å²) in [6, 6.07) is 15.8. The van der Waals surface area contributed by atoms with E-state index in [-0.39, 0.29) is 4.48 Å². The first kappa shape index (κ1) is 25.9. The van der Waals surface area contributed by atoms with Crippen molar-refractivity contribution in [3.05, 3.63) is 82.2 Å². The number of carboxylic acid groups (broad SMARTS) is 1. The molecule has 1 aliphatic rings. The number of nitrogens with one attached hydrogen (secondary N) is 1. The van der Waals surface area contributed by atoms with Crippen molar-refractivity contribution in [3.8, 4) is 0 Å². The third-order valence-corrected chi connectivity index (χ3v) is 7.15. The van der Waals surface area contributed by atoms with Crippen molar-refractivity contribution in [2.45, 2.75) is 23.3 Å². The van der Waals surface area contributed by atoms with E-state index in [4.69, 9.17) is 14.8 Å². The smallest absolute Gasteiger partial charge is 0.329 e. The van der Waals surface area contributed by atoms with Gasteiger partial charge in [0.1, 0.15) is 10.9 Å². The number of aromatic nitrogens is 2. The van der Waals surface area contributed by atoms with Gasteiger partial charge in [0, 0.05) is 48.1 Å². The van der Waals surface area contributed by atoms with Gasteiger partial charge in [-0.1, -0.05) is 23.9 Å². The third-order valence-electron chi connectivity index (χ3n) is 5.44. The van der Waals surface area contributed by atoms with Crippen LogP contribution >= 0.6 is 27.7 Å². The molecule has 0 spiro atoms. The molecular formula is C26H25BrN4O4S. The van der Waals surface area contributed by atoms with E-state index in [1.807, 2.05) is 25.3 Å². The van der Waals surface area contributed by atoms with Gasteiger partial charge < -0.3 is 20.1 Å². The van der Waals surface area contributed by atoms with Crippen molar-refractivity contribution in [1.82, 2.24) is 9.97 Å². The number of halogens is 1. The molecule has 0 aliphatic carbocycles. The average molecular weight is 569 g/mol. The van der Waals surface area contributed by atoms with Gasteiger partial charge in [0.25, 0.3) is 5.91 Å². The standard InChI is InChI=1S/C26H25BrN4O4S/c1-17-16-28-23(14-18-2-6-20(7-3-18)31-10-12-35-13-11-31)30-26(17)36-21-8-4-19(5-9-21)29-25(34)22(27)15-24(32)33/h2-9,15-16H,10-14H2,1H3,(H,29,34)(H,32,33)/b22-15+. The highest BCUT2D eigenvalue weighted by atomic mass is 79.9. The monoisotopic (exact) mass is 568 g/mol. The summed E-state index contributed by atoms with van der Waals surface area (Å²) in [6.45, 7) is 5.32. The number of carbonyl (C=O) groups is 2. The first-order valence-electron chi connectivity index (χ1n) is 11.3. The predicted molar refractivity (Wildman–Crippen MR) is 143 cm³/mol. The Kier molecular flexibility index (Phi) is 8.74. The number of aryl methyl sites for hydroxylation is 1. The molecule has 0 bridgehead atoms. The average Bonchev–Trinajstić information content (AvgIpc) is 2.88. The zero-order valence-electron chi connectivity index (χ0n) is 19.6. The first-order chi connectivity index (χ1) is 17.4. The summed E-state index contributed by atoms with van der Waals surface area (Å²) >= 11 is 4.49. The molecule has 2 N–H and O–H groups in total. The molecule has 1 fully saturated rings. The molecule has 1 amide bonds. The van der Waals surface area contributed by atoms with Crippen molar-refractivity contribution in [1.29, 1.82) is 0 Å². The molecule has 0 saturated carbocycles. The quantitative estimate of drug-likeness (QED) is 0.298. The molecular weight excluding hydrogens is 544 g/mol. The Hall–Kier alpha value is -3.21. The zero-order chi connectivity index (χ0) is 25.5. The number of carbonyl (C=O) groups excluding carboxylic acids is 1. The Morgan fingerprint density at radius 3 is 2.50 bits per heavy atom. The maximum Gasteiger partial charge on any atom is 0.329 e. The van der Waals surface area contributed by atoms with E-state index in [9.17, 15) is 9.59 Å². The van der Waals surface area contributed by atoms with E-state index in [1.54, 1.807) is 12.1 Å². The number of rotatable bonds is 8. The van der Waals surface area contributed by atoms with Gasteiger partial charge in [0.15, 0.2) is 0 Å². The highest BCUT2D eigenvalue weighted by Gasteiger charge is 2.12. The van der Waals surface area contributed by atoms with Crippen molar-refractivity contribution in [2.75, 3.05) is 36.5 Å². The van der Waals surface area contributed by atoms with Crippen LogP contribution in [0.5, 0.6) is 0 Å². The molecule has 1 aliphatic heterocycles. The highest BCUT2D eigenvalue weighted by molar-refractivity contribution is 9.12. The van der Waals surface area contributed by atoms with Crippen LogP contribution in [0.4, 0.5) is 11.4 Å². The van der Waals surface area contributed by atoms with Gasteiger partial charge in [0.2, 0.25) is 0 Å². The normalized spacial score (nSPS) is 13.9. The number of anilines is 2. The molecule has 3 aromatic rings. The second-order valence-corrected chi connectivity index (χ2v) is 10.0. The Balaban J connectivity index is 1.39. The minimum atomic E-state index is -1.20. The van der Waals surface area contributed by atoms with E-state index in [2.05, 4.69) is 55.4 Å². The van der Waals surface area contributed by atoms with Crippen molar-refractivity contribution < 1.29 is 19.4 Å². The second-order valence-electron chi connectivity index (χ2n) is 8.13. The minimum absolute atomic E-state index is 0.0617. The number of hydrogen-bond acceptors (Lipinski definition) is 7. The molecule has 0 atom stereocenters. The topological polar surface area (TPSA) is 105 Å². The summed E-state index contributed by atoms with van der Waals surface area (Å²) in [5.41, 5.74) is 3.88. The Bertz CT molecular complexity index is 1260. The van der Waals surface area contributed by atoms with Crippen LogP contribution in [0.1, 0.15) is 17.0 Å². The molecule has 0 radical (unpaired) electrons. The number of benzene rings is 2. The number of nitrogens with zero attached hydrogens (tertiary/aromatic N) is 3. The van der Waals surface area contributed by atoms with E-state index in [0.717, 1.165) is 59.3 Å². The van der Waals surface area contributed by atoms with Crippen LogP contribution in [0.25, 0.3) is 0 Å². The van der Waals surface area contributed by atoms with E-state index in [0.29, 0.717) is 12.1 Å². The summed E-state index contributed by atoms with van der Waals surface area (Å²) in [5.74, 6) is -0.985. The Morgan fingerprint density at radius 2 is 1.83 bits per heavy atom. The lowest BCUT2D eigenvalue weighted by Crippen LogP contribution is -2.36. The van der Waals surface area contributed by atoms with Gasteiger partial charge in [-0.15, -0.1) is 0 Å². The predicted octanol–water partition coefficient (Wildman–Crippen LogP) is 4.67. The lowest BCUT2D eigenvalue weighted by atomic mass is 10.1. The van der Waals surface area contributed by atoms with Crippen LogP contribution < -0.4 is 10.2 Å². The molecule has 36 heavy (non-hydrogen) atoms. The zero-order valence-corrected chi connectivity index (χ0v) is 22.0. The van der Waals surface area contributed by atoms with E-state index >= 15 is 0 Å². The fraction of sp³-hybridized carbons (Fsp3) is 0.231. The molecule has 4 rings (SSSR count). The number of hydrogen-bond donors (Lipinski definition) is 2. The fourth-order valence-corrected chi connectivity index (χ4v) is 4.72. The van der Waals surface area contributed by atoms with E-state index < -0.39 is 11.9 Å². The Morgan fingerprint density at radius 1 is 1.14 bits per heavy atom. The van der Waals surface area contributed by atoms with Crippen LogP contribution in [0.2, 0.25) is 0 Å². The number of carboxylic acids is 1. The molecule has 2 heterocycles. The largest absolute Gasteiger partial charge is 0.478 e. The van der Waals surface area contributed by atoms with Gasteiger partial charge in [-0.2, -0.15) is 0 Å². The van der Waals surface area contributed by atoms with Crippen LogP contribution in [-0.2, 0) is 20.7 Å². The van der Waals surface area contributed by atoms with Crippen LogP contribution in [0.3, 0.4) is 0 Å². The van der Waals surface area contributed by atoms with Crippen molar-refractivity contribution >= 4 is 50.9 Å². The Labute approximate surface area is 221 Å². The molecule has 8 nitrogen and oxygen atoms in total. The maximum absolute atomic E-state index is 12.0. The van der Waals surface area contributed by atoms with Crippen LogP contribution in [0, 0.1) is 6.92 Å². The number of aliphatic carboxylic acids is 1. The summed E-state index contributed by atoms with van der Waals surface area (Å²) < 4.78 is 5.37. The van der Waals surface area contributed by atoms with E-state index in [1.165, 1.54) is 17.4 Å². The van der Waals surface area contributed by atoms with Crippen LogP contribution in [0.15, 0.2) is 75.2 Å². The van der Waals surface area contributed by atoms with Gasteiger partial charge >= 0.3 is 5.97 Å². The molecule has 186 valence electrons. The number of morpholine rings is 1. The highest BCUT2D eigenvalue weighted by Crippen LogP contribution is 2.30. The molecule has 1 aromatic heterocycles. The van der Waals surface area contributed by atoms with Crippen LogP contribution in [-0.4, -0.2) is 53.3 Å². The summed E-state index contributed by atoms with van der Waals surface area (Å²) in [5, 5.41) is 12.3. The van der Waals surface area contributed by atoms with Crippen molar-refractivity contribution in [3.63, 3.8) is 0 Å². The summed E-state index contributed by atoms with van der Waals surface area (Å²) in [4.78, 5) is 35.3. The van der Waals surface area contributed by atoms with Gasteiger partial charge in [-0.3, -0.25) is 4.79 Å². The first-order valence-corrected chi connectivity index (χ1v) is 12.9. The molecule has 1 saturated heterocycles. The second kappa shape index (κ2) is 12.2. The van der Waals surface area contributed by atoms with Gasteiger partial charge in [-0.25, -0.2) is 14.8 Å². The molecule has 10 heteroatoms. The fourth-order valence-electron chi connectivity index (χ4n) is 3.56. The maximum atomic E-state index is 12.0. The number of amides is 1. The van der Waals surface area contributed by atoms with Gasteiger partial charge in [-0.05, 0) is 70.4 Å².